The molecule has 0 bridgehead atoms. The molecule has 9 nitrogen and oxygen atoms in total. The van der Waals surface area contributed by atoms with Crippen LogP contribution < -0.4 is 14.9 Å². The van der Waals surface area contributed by atoms with Crippen molar-refractivity contribution in [3.05, 3.63) is 60.2 Å². The summed E-state index contributed by atoms with van der Waals surface area (Å²) in [4.78, 5) is 12.3. The molecule has 0 radical (unpaired) electrons. The number of benzene rings is 2. The number of aromatic nitrogens is 3. The molecule has 3 rings (SSSR count). The molecule has 0 aliphatic rings. The lowest BCUT2D eigenvalue weighted by atomic mass is 10.1. The van der Waals surface area contributed by atoms with Crippen LogP contribution in [0.2, 0.25) is 0 Å². The van der Waals surface area contributed by atoms with Crippen LogP contribution in [0.15, 0.2) is 59.3 Å². The van der Waals surface area contributed by atoms with Crippen molar-refractivity contribution in [3.63, 3.8) is 0 Å². The number of nitrogens with one attached hydrogen (secondary N) is 1. The van der Waals surface area contributed by atoms with Gasteiger partial charge < -0.3 is 19.1 Å². The first kappa shape index (κ1) is 24.8. The minimum atomic E-state index is -0.304. The van der Waals surface area contributed by atoms with Gasteiger partial charge in [-0.25, -0.2) is 5.43 Å². The Morgan fingerprint density at radius 3 is 2.74 bits per heavy atom. The van der Waals surface area contributed by atoms with Crippen molar-refractivity contribution in [2.45, 2.75) is 25.0 Å². The van der Waals surface area contributed by atoms with E-state index in [0.29, 0.717) is 41.0 Å². The molecule has 0 aliphatic carbocycles. The summed E-state index contributed by atoms with van der Waals surface area (Å²) < 4.78 is 12.6. The molecule has 0 atom stereocenters. The third-order valence-electron chi connectivity index (χ3n) is 4.92. The van der Waals surface area contributed by atoms with Crippen LogP contribution in [0.3, 0.4) is 0 Å². The molecule has 34 heavy (non-hydrogen) atoms. The Morgan fingerprint density at radius 2 is 2.03 bits per heavy atom. The van der Waals surface area contributed by atoms with Crippen molar-refractivity contribution in [2.75, 3.05) is 20.0 Å². The van der Waals surface area contributed by atoms with E-state index >= 15 is 0 Å². The molecule has 2 aromatic carbocycles. The number of carbonyl (C=O) groups is 1. The highest BCUT2D eigenvalue weighted by Gasteiger charge is 2.16. The summed E-state index contributed by atoms with van der Waals surface area (Å²) in [6.45, 7) is 6.28. The minimum absolute atomic E-state index is 0.101. The maximum Gasteiger partial charge on any atom is 0.250 e. The SMILES string of the molecule is C=CCc1cccc(/C=N/NC(=O)CSc2nnc(-c3ccc(OC)c(OC)c3)n2CC)c1O. The van der Waals surface area contributed by atoms with Crippen LogP contribution in [0, 0.1) is 0 Å². The molecule has 0 unspecified atom stereocenters. The number of phenolic OH excluding ortho intramolecular Hbond substituents is 1. The topological polar surface area (TPSA) is 111 Å². The van der Waals surface area contributed by atoms with Gasteiger partial charge in [0.15, 0.2) is 22.5 Å². The molecule has 2 N–H and O–H groups in total. The predicted molar refractivity (Wildman–Crippen MR) is 133 cm³/mol. The lowest BCUT2D eigenvalue weighted by molar-refractivity contribution is -0.118. The Balaban J connectivity index is 1.65. The van der Waals surface area contributed by atoms with E-state index in [9.17, 15) is 9.90 Å². The fraction of sp³-hybridized carbons (Fsp3) is 0.250. The smallest absolute Gasteiger partial charge is 0.250 e. The van der Waals surface area contributed by atoms with E-state index in [1.165, 1.54) is 18.0 Å². The summed E-state index contributed by atoms with van der Waals surface area (Å²) in [7, 11) is 3.16. The molecule has 10 heteroatoms. The highest BCUT2D eigenvalue weighted by Crippen LogP contribution is 2.32. The number of hydrazone groups is 1. The zero-order chi connectivity index (χ0) is 24.5. The second-order valence-electron chi connectivity index (χ2n) is 7.05. The minimum Gasteiger partial charge on any atom is -0.507 e. The first-order valence-corrected chi connectivity index (χ1v) is 11.5. The molecule has 0 fully saturated rings. The van der Waals surface area contributed by atoms with Crippen molar-refractivity contribution in [1.82, 2.24) is 20.2 Å². The number of allylic oxidation sites excluding steroid dienone is 1. The van der Waals surface area contributed by atoms with Gasteiger partial charge in [-0.15, -0.1) is 16.8 Å². The molecule has 3 aromatic rings. The van der Waals surface area contributed by atoms with Gasteiger partial charge in [0.25, 0.3) is 5.91 Å². The molecular weight excluding hydrogens is 454 g/mol. The molecule has 0 saturated carbocycles. The summed E-state index contributed by atoms with van der Waals surface area (Å²) in [5.41, 5.74) is 4.55. The van der Waals surface area contributed by atoms with Crippen molar-refractivity contribution in [2.24, 2.45) is 5.10 Å². The van der Waals surface area contributed by atoms with Gasteiger partial charge in [0.1, 0.15) is 5.75 Å². The van der Waals surface area contributed by atoms with E-state index < -0.39 is 0 Å². The summed E-state index contributed by atoms with van der Waals surface area (Å²) >= 11 is 1.26. The standard InChI is InChI=1S/C24H27N5O4S/c1-5-8-16-9-7-10-18(22(16)31)14-25-26-21(30)15-34-24-28-27-23(29(24)6-2)17-11-12-19(32-3)20(13-17)33-4/h5,7,9-14,31H,1,6,8,15H2,2-4H3,(H,26,30)/b25-14+. The van der Waals surface area contributed by atoms with Crippen LogP contribution in [-0.4, -0.2) is 52.0 Å². The molecule has 0 saturated heterocycles. The normalized spacial score (nSPS) is 10.9. The summed E-state index contributed by atoms with van der Waals surface area (Å²) in [5, 5.41) is 23.4. The average molecular weight is 482 g/mol. The number of thioether (sulfide) groups is 1. The largest absolute Gasteiger partial charge is 0.507 e. The number of carbonyl (C=O) groups excluding carboxylic acids is 1. The summed E-state index contributed by atoms with van der Waals surface area (Å²) in [6.07, 6.45) is 3.66. The Morgan fingerprint density at radius 1 is 1.24 bits per heavy atom. The Kier molecular flexibility index (Phi) is 8.69. The second kappa shape index (κ2) is 11.9. The first-order chi connectivity index (χ1) is 16.5. The number of hydrogen-bond acceptors (Lipinski definition) is 8. The van der Waals surface area contributed by atoms with Crippen LogP contribution >= 0.6 is 11.8 Å². The van der Waals surface area contributed by atoms with E-state index in [1.807, 2.05) is 41.8 Å². The third kappa shape index (κ3) is 5.76. The Hall–Kier alpha value is -3.79. The lowest BCUT2D eigenvalue weighted by Gasteiger charge is -2.10. The van der Waals surface area contributed by atoms with E-state index in [2.05, 4.69) is 27.3 Å². The number of para-hydroxylation sites is 1. The number of phenols is 1. The van der Waals surface area contributed by atoms with E-state index in [0.717, 1.165) is 11.1 Å². The van der Waals surface area contributed by atoms with Gasteiger partial charge in [-0.2, -0.15) is 5.10 Å². The molecule has 0 aliphatic heterocycles. The van der Waals surface area contributed by atoms with Gasteiger partial charge in [0.05, 0.1) is 26.2 Å². The summed E-state index contributed by atoms with van der Waals surface area (Å²) in [5.74, 6) is 1.80. The van der Waals surface area contributed by atoms with Gasteiger partial charge in [0.2, 0.25) is 0 Å². The molecule has 178 valence electrons. The van der Waals surface area contributed by atoms with Gasteiger partial charge in [-0.1, -0.05) is 30.0 Å². The molecular formula is C24H27N5O4S. The maximum absolute atomic E-state index is 12.3. The van der Waals surface area contributed by atoms with Crippen LogP contribution in [-0.2, 0) is 17.8 Å². The lowest BCUT2D eigenvalue weighted by Crippen LogP contribution is -2.20. The number of methoxy groups -OCH3 is 2. The quantitative estimate of drug-likeness (QED) is 0.186. The van der Waals surface area contributed by atoms with Gasteiger partial charge in [-0.3, -0.25) is 4.79 Å². The molecule has 0 spiro atoms. The number of rotatable bonds is 11. The number of hydrogen-bond donors (Lipinski definition) is 2. The van der Waals surface area contributed by atoms with Crippen LogP contribution in [0.4, 0.5) is 0 Å². The van der Waals surface area contributed by atoms with Crippen LogP contribution in [0.25, 0.3) is 11.4 Å². The molecule has 1 aromatic heterocycles. The van der Waals surface area contributed by atoms with Gasteiger partial charge >= 0.3 is 0 Å². The fourth-order valence-corrected chi connectivity index (χ4v) is 4.04. The van der Waals surface area contributed by atoms with Crippen molar-refractivity contribution in [3.8, 4) is 28.6 Å². The highest BCUT2D eigenvalue weighted by molar-refractivity contribution is 7.99. The second-order valence-corrected chi connectivity index (χ2v) is 7.99. The van der Waals surface area contributed by atoms with E-state index in [1.54, 1.807) is 26.4 Å². The fourth-order valence-electron chi connectivity index (χ4n) is 3.24. The molecule has 1 heterocycles. The highest BCUT2D eigenvalue weighted by atomic mass is 32.2. The maximum atomic E-state index is 12.3. The van der Waals surface area contributed by atoms with Crippen LogP contribution in [0.1, 0.15) is 18.1 Å². The number of ether oxygens (including phenoxy) is 2. The zero-order valence-corrected chi connectivity index (χ0v) is 20.1. The Bertz CT molecular complexity index is 1190. The first-order valence-electron chi connectivity index (χ1n) is 10.5. The summed E-state index contributed by atoms with van der Waals surface area (Å²) in [6, 6.07) is 10.9. The zero-order valence-electron chi connectivity index (χ0n) is 19.3. The van der Waals surface area contributed by atoms with E-state index in [-0.39, 0.29) is 17.4 Å². The average Bonchev–Trinajstić information content (AvgIpc) is 3.27. The van der Waals surface area contributed by atoms with Gasteiger partial charge in [-0.05, 0) is 43.2 Å². The third-order valence-corrected chi connectivity index (χ3v) is 5.88. The number of aromatic hydroxyl groups is 1. The van der Waals surface area contributed by atoms with Crippen LogP contribution in [0.5, 0.6) is 17.2 Å². The van der Waals surface area contributed by atoms with Crippen molar-refractivity contribution < 1.29 is 19.4 Å². The Labute approximate surface area is 202 Å². The number of amides is 1. The predicted octanol–water partition coefficient (Wildman–Crippen LogP) is 3.66. The number of nitrogens with zero attached hydrogens (tertiary/aromatic N) is 4. The monoisotopic (exact) mass is 481 g/mol. The molecule has 1 amide bonds. The van der Waals surface area contributed by atoms with Crippen molar-refractivity contribution in [1.29, 1.82) is 0 Å². The van der Waals surface area contributed by atoms with E-state index in [4.69, 9.17) is 9.47 Å². The van der Waals surface area contributed by atoms with Gasteiger partial charge in [0, 0.05) is 17.7 Å². The van der Waals surface area contributed by atoms with Crippen molar-refractivity contribution >= 4 is 23.9 Å².